The molecule has 21 heavy (non-hydrogen) atoms. The number of nitrogens with one attached hydrogen (secondary N) is 1. The van der Waals surface area contributed by atoms with E-state index < -0.39 is 0 Å². The Balaban J connectivity index is 1.80. The number of aryl methyl sites for hydroxylation is 1. The first kappa shape index (κ1) is 16.0. The third-order valence-corrected chi connectivity index (χ3v) is 4.52. The molecule has 1 aromatic carbocycles. The zero-order chi connectivity index (χ0) is 15.1. The molecule has 1 heterocycles. The maximum absolute atomic E-state index is 5.76. The second-order valence-electron chi connectivity index (χ2n) is 5.13. The molecule has 0 atom stereocenters. The van der Waals surface area contributed by atoms with E-state index in [-0.39, 0.29) is 0 Å². The van der Waals surface area contributed by atoms with Gasteiger partial charge in [0.1, 0.15) is 17.4 Å². The number of hydrogen-bond donors (Lipinski definition) is 1. The van der Waals surface area contributed by atoms with Gasteiger partial charge in [0, 0.05) is 29.2 Å². The molecule has 0 radical (unpaired) electrons. The molecule has 3 nitrogen and oxygen atoms in total. The van der Waals surface area contributed by atoms with Crippen LogP contribution in [0.5, 0.6) is 5.75 Å². The molecule has 0 bridgehead atoms. The lowest BCUT2D eigenvalue weighted by atomic mass is 10.2. The van der Waals surface area contributed by atoms with Crippen molar-refractivity contribution in [3.63, 3.8) is 0 Å². The SMILES string of the molecule is CCC(CC)NCCOc1ccc(-c2nc(C)cs2)cc1. The second-order valence-corrected chi connectivity index (χ2v) is 5.99. The predicted molar refractivity (Wildman–Crippen MR) is 90.2 cm³/mol. The van der Waals surface area contributed by atoms with Gasteiger partial charge in [-0.3, -0.25) is 0 Å². The van der Waals surface area contributed by atoms with Crippen molar-refractivity contribution in [3.8, 4) is 16.3 Å². The van der Waals surface area contributed by atoms with Crippen LogP contribution in [0.1, 0.15) is 32.4 Å². The summed E-state index contributed by atoms with van der Waals surface area (Å²) in [4.78, 5) is 4.49. The van der Waals surface area contributed by atoms with E-state index in [9.17, 15) is 0 Å². The van der Waals surface area contributed by atoms with Gasteiger partial charge >= 0.3 is 0 Å². The van der Waals surface area contributed by atoms with Gasteiger partial charge in [-0.25, -0.2) is 4.98 Å². The van der Waals surface area contributed by atoms with Crippen LogP contribution in [-0.4, -0.2) is 24.2 Å². The number of aromatic nitrogens is 1. The Hall–Kier alpha value is -1.39. The number of hydrogen-bond acceptors (Lipinski definition) is 4. The van der Waals surface area contributed by atoms with E-state index in [1.165, 1.54) is 12.8 Å². The Morgan fingerprint density at radius 1 is 1.19 bits per heavy atom. The van der Waals surface area contributed by atoms with E-state index in [4.69, 9.17) is 4.74 Å². The largest absolute Gasteiger partial charge is 0.492 e. The van der Waals surface area contributed by atoms with Crippen molar-refractivity contribution in [3.05, 3.63) is 35.3 Å². The predicted octanol–water partition coefficient (Wildman–Crippen LogP) is 4.28. The van der Waals surface area contributed by atoms with Crippen LogP contribution in [0.25, 0.3) is 10.6 Å². The minimum absolute atomic E-state index is 0.601. The first-order valence-electron chi connectivity index (χ1n) is 7.61. The van der Waals surface area contributed by atoms with Gasteiger partial charge in [-0.15, -0.1) is 11.3 Å². The summed E-state index contributed by atoms with van der Waals surface area (Å²) in [6.07, 6.45) is 2.33. The monoisotopic (exact) mass is 304 g/mol. The molecule has 1 N–H and O–H groups in total. The Morgan fingerprint density at radius 3 is 2.48 bits per heavy atom. The summed E-state index contributed by atoms with van der Waals surface area (Å²) < 4.78 is 5.76. The molecule has 0 saturated heterocycles. The van der Waals surface area contributed by atoms with E-state index in [0.717, 1.165) is 28.6 Å². The van der Waals surface area contributed by atoms with Crippen molar-refractivity contribution in [2.75, 3.05) is 13.2 Å². The van der Waals surface area contributed by atoms with Crippen LogP contribution in [0.2, 0.25) is 0 Å². The quantitative estimate of drug-likeness (QED) is 0.739. The van der Waals surface area contributed by atoms with E-state index in [2.05, 4.69) is 41.7 Å². The fraction of sp³-hybridized carbons (Fsp3) is 0.471. The summed E-state index contributed by atoms with van der Waals surface area (Å²) in [6.45, 7) is 8.03. The van der Waals surface area contributed by atoms with Gasteiger partial charge in [0.25, 0.3) is 0 Å². The molecule has 0 aliphatic rings. The summed E-state index contributed by atoms with van der Waals surface area (Å²) in [5.41, 5.74) is 2.22. The van der Waals surface area contributed by atoms with Crippen LogP contribution >= 0.6 is 11.3 Å². The molecule has 2 aromatic rings. The standard InChI is InChI=1S/C17H24N2OS/c1-4-15(5-2)18-10-11-20-16-8-6-14(7-9-16)17-19-13(3)12-21-17/h6-9,12,15,18H,4-5,10-11H2,1-3H3. The Morgan fingerprint density at radius 2 is 1.90 bits per heavy atom. The maximum atomic E-state index is 5.76. The molecule has 0 fully saturated rings. The fourth-order valence-electron chi connectivity index (χ4n) is 2.19. The van der Waals surface area contributed by atoms with Crippen LogP contribution < -0.4 is 10.1 Å². The summed E-state index contributed by atoms with van der Waals surface area (Å²) in [5.74, 6) is 0.915. The Bertz CT molecular complexity index is 532. The van der Waals surface area contributed by atoms with E-state index in [1.807, 2.05) is 19.1 Å². The first-order chi connectivity index (χ1) is 10.2. The van der Waals surface area contributed by atoms with Crippen LogP contribution in [0.4, 0.5) is 0 Å². The number of nitrogens with zero attached hydrogens (tertiary/aromatic N) is 1. The Kier molecular flexibility index (Phi) is 6.21. The lowest BCUT2D eigenvalue weighted by Crippen LogP contribution is -2.31. The molecule has 0 aliphatic heterocycles. The van der Waals surface area contributed by atoms with Crippen LogP contribution in [-0.2, 0) is 0 Å². The first-order valence-corrected chi connectivity index (χ1v) is 8.49. The van der Waals surface area contributed by atoms with Crippen molar-refractivity contribution in [1.82, 2.24) is 10.3 Å². The lowest BCUT2D eigenvalue weighted by Gasteiger charge is -2.14. The molecule has 0 unspecified atom stereocenters. The number of ether oxygens (including phenoxy) is 1. The highest BCUT2D eigenvalue weighted by molar-refractivity contribution is 7.13. The van der Waals surface area contributed by atoms with Gasteiger partial charge in [-0.1, -0.05) is 13.8 Å². The van der Waals surface area contributed by atoms with Crippen molar-refractivity contribution in [2.45, 2.75) is 39.7 Å². The van der Waals surface area contributed by atoms with Crippen molar-refractivity contribution in [2.24, 2.45) is 0 Å². The summed E-state index contributed by atoms with van der Waals surface area (Å²) >= 11 is 1.68. The summed E-state index contributed by atoms with van der Waals surface area (Å²) in [6, 6.07) is 8.78. The molecular weight excluding hydrogens is 280 g/mol. The highest BCUT2D eigenvalue weighted by atomic mass is 32.1. The average Bonchev–Trinajstić information content (AvgIpc) is 2.95. The number of benzene rings is 1. The molecule has 0 spiro atoms. The molecule has 0 saturated carbocycles. The van der Waals surface area contributed by atoms with Gasteiger partial charge in [-0.2, -0.15) is 0 Å². The third kappa shape index (κ3) is 4.83. The average molecular weight is 304 g/mol. The van der Waals surface area contributed by atoms with Crippen molar-refractivity contribution >= 4 is 11.3 Å². The lowest BCUT2D eigenvalue weighted by molar-refractivity contribution is 0.302. The molecular formula is C17H24N2OS. The van der Waals surface area contributed by atoms with Crippen molar-refractivity contribution < 1.29 is 4.74 Å². The molecule has 1 aromatic heterocycles. The zero-order valence-electron chi connectivity index (χ0n) is 13.1. The maximum Gasteiger partial charge on any atom is 0.123 e. The van der Waals surface area contributed by atoms with Gasteiger partial charge in [0.15, 0.2) is 0 Å². The highest BCUT2D eigenvalue weighted by Gasteiger charge is 2.04. The van der Waals surface area contributed by atoms with E-state index >= 15 is 0 Å². The highest BCUT2D eigenvalue weighted by Crippen LogP contribution is 2.25. The van der Waals surface area contributed by atoms with Crippen molar-refractivity contribution in [1.29, 1.82) is 0 Å². The normalized spacial score (nSPS) is 11.0. The van der Waals surface area contributed by atoms with E-state index in [1.54, 1.807) is 11.3 Å². The zero-order valence-corrected chi connectivity index (χ0v) is 13.9. The number of rotatable bonds is 8. The van der Waals surface area contributed by atoms with Gasteiger partial charge in [0.05, 0.1) is 0 Å². The molecule has 114 valence electrons. The molecule has 4 heteroatoms. The van der Waals surface area contributed by atoms with Crippen LogP contribution in [0, 0.1) is 6.92 Å². The fourth-order valence-corrected chi connectivity index (χ4v) is 2.99. The Labute approximate surface area is 131 Å². The molecule has 0 aliphatic carbocycles. The van der Waals surface area contributed by atoms with Gasteiger partial charge in [-0.05, 0) is 44.0 Å². The summed E-state index contributed by atoms with van der Waals surface area (Å²) in [5, 5.41) is 6.63. The van der Waals surface area contributed by atoms with Crippen LogP contribution in [0.3, 0.4) is 0 Å². The number of thiazole rings is 1. The van der Waals surface area contributed by atoms with Gasteiger partial charge in [0.2, 0.25) is 0 Å². The topological polar surface area (TPSA) is 34.1 Å². The molecule has 2 rings (SSSR count). The second kappa shape index (κ2) is 8.15. The molecule has 0 amide bonds. The minimum Gasteiger partial charge on any atom is -0.492 e. The third-order valence-electron chi connectivity index (χ3n) is 3.51. The van der Waals surface area contributed by atoms with Gasteiger partial charge < -0.3 is 10.1 Å². The summed E-state index contributed by atoms with van der Waals surface area (Å²) in [7, 11) is 0. The van der Waals surface area contributed by atoms with Crippen LogP contribution in [0.15, 0.2) is 29.6 Å². The smallest absolute Gasteiger partial charge is 0.123 e. The van der Waals surface area contributed by atoms with E-state index in [0.29, 0.717) is 12.6 Å². The minimum atomic E-state index is 0.601.